The van der Waals surface area contributed by atoms with Crippen LogP contribution in [-0.4, -0.2) is 42.4 Å². The number of rotatable bonds is 8. The van der Waals surface area contributed by atoms with Crippen LogP contribution >= 0.6 is 11.6 Å². The van der Waals surface area contributed by atoms with Crippen molar-refractivity contribution < 1.29 is 9.59 Å². The molecule has 0 aromatic heterocycles. The molecule has 0 bridgehead atoms. The normalized spacial score (nSPS) is 16.3. The van der Waals surface area contributed by atoms with Crippen molar-refractivity contribution in [2.75, 3.05) is 19.6 Å². The molecule has 0 radical (unpaired) electrons. The summed E-state index contributed by atoms with van der Waals surface area (Å²) in [6.07, 6.45) is 2.37. The first-order valence-corrected chi connectivity index (χ1v) is 11.0. The predicted octanol–water partition coefficient (Wildman–Crippen LogP) is 4.05. The summed E-state index contributed by atoms with van der Waals surface area (Å²) < 4.78 is 0. The molecular weight excluding hydrogens is 398 g/mol. The van der Waals surface area contributed by atoms with E-state index in [2.05, 4.69) is 27.7 Å². The number of benzene rings is 2. The Labute approximate surface area is 183 Å². The van der Waals surface area contributed by atoms with E-state index in [0.29, 0.717) is 17.1 Å². The highest BCUT2D eigenvalue weighted by Gasteiger charge is 2.28. The lowest BCUT2D eigenvalue weighted by Gasteiger charge is -2.29. The van der Waals surface area contributed by atoms with Gasteiger partial charge in [-0.25, -0.2) is 0 Å². The van der Waals surface area contributed by atoms with Crippen LogP contribution in [0.2, 0.25) is 5.02 Å². The van der Waals surface area contributed by atoms with Gasteiger partial charge in [0.05, 0.1) is 6.04 Å². The predicted molar refractivity (Wildman–Crippen MR) is 121 cm³/mol. The van der Waals surface area contributed by atoms with Crippen LogP contribution in [0.1, 0.15) is 48.7 Å². The second-order valence-corrected chi connectivity index (χ2v) is 8.55. The van der Waals surface area contributed by atoms with Crippen molar-refractivity contribution in [1.82, 2.24) is 15.5 Å². The third kappa shape index (κ3) is 5.83. The highest BCUT2D eigenvalue weighted by molar-refractivity contribution is 6.30. The zero-order chi connectivity index (χ0) is 21.5. The molecule has 0 aliphatic carbocycles. The minimum Gasteiger partial charge on any atom is -0.352 e. The van der Waals surface area contributed by atoms with E-state index in [9.17, 15) is 9.59 Å². The summed E-state index contributed by atoms with van der Waals surface area (Å²) in [6, 6.07) is 16.5. The Hall–Kier alpha value is -2.37. The molecule has 5 nitrogen and oxygen atoms in total. The van der Waals surface area contributed by atoms with Crippen molar-refractivity contribution in [2.24, 2.45) is 5.92 Å². The Morgan fingerprint density at radius 2 is 1.63 bits per heavy atom. The Kier molecular flexibility index (Phi) is 7.88. The number of nitrogens with one attached hydrogen (secondary N) is 2. The molecule has 1 saturated heterocycles. The van der Waals surface area contributed by atoms with Gasteiger partial charge < -0.3 is 10.6 Å². The third-order valence-electron chi connectivity index (χ3n) is 5.58. The van der Waals surface area contributed by atoms with Gasteiger partial charge in [0.25, 0.3) is 5.91 Å². The molecule has 1 fully saturated rings. The average molecular weight is 428 g/mol. The quantitative estimate of drug-likeness (QED) is 0.668. The van der Waals surface area contributed by atoms with Crippen LogP contribution < -0.4 is 10.6 Å². The fourth-order valence-electron chi connectivity index (χ4n) is 3.85. The minimum atomic E-state index is -0.608. The molecule has 0 saturated carbocycles. The summed E-state index contributed by atoms with van der Waals surface area (Å²) >= 11 is 5.90. The molecule has 160 valence electrons. The molecule has 2 aromatic carbocycles. The van der Waals surface area contributed by atoms with Crippen LogP contribution in [0.3, 0.4) is 0 Å². The number of carbonyl (C=O) groups excluding carboxylic acids is 2. The first-order valence-electron chi connectivity index (χ1n) is 10.6. The lowest BCUT2D eigenvalue weighted by atomic mass is 10.0. The highest BCUT2D eigenvalue weighted by Crippen LogP contribution is 2.24. The van der Waals surface area contributed by atoms with Gasteiger partial charge in [-0.2, -0.15) is 0 Å². The van der Waals surface area contributed by atoms with Crippen LogP contribution in [-0.2, 0) is 4.79 Å². The summed E-state index contributed by atoms with van der Waals surface area (Å²) in [4.78, 5) is 28.0. The molecule has 0 unspecified atom stereocenters. The third-order valence-corrected chi connectivity index (χ3v) is 5.83. The molecule has 2 amide bonds. The molecule has 1 aliphatic rings. The summed E-state index contributed by atoms with van der Waals surface area (Å²) in [5.41, 5.74) is 1.68. The van der Waals surface area contributed by atoms with Gasteiger partial charge in [-0.05, 0) is 61.7 Å². The number of likely N-dealkylation sites (tertiary alicyclic amines) is 1. The molecule has 1 aliphatic heterocycles. The van der Waals surface area contributed by atoms with Crippen LogP contribution in [0.4, 0.5) is 0 Å². The fraction of sp³-hybridized carbons (Fsp3) is 0.417. The van der Waals surface area contributed by atoms with Crippen molar-refractivity contribution >= 4 is 23.4 Å². The van der Waals surface area contributed by atoms with Gasteiger partial charge in [-0.15, -0.1) is 0 Å². The maximum absolute atomic E-state index is 13.0. The molecule has 2 N–H and O–H groups in total. The second-order valence-electron chi connectivity index (χ2n) is 8.12. The molecule has 1 heterocycles. The van der Waals surface area contributed by atoms with Gasteiger partial charge in [0.15, 0.2) is 0 Å². The van der Waals surface area contributed by atoms with Gasteiger partial charge >= 0.3 is 0 Å². The smallest absolute Gasteiger partial charge is 0.251 e. The first kappa shape index (κ1) is 22.3. The van der Waals surface area contributed by atoms with Gasteiger partial charge in [0.1, 0.15) is 6.04 Å². The fourth-order valence-corrected chi connectivity index (χ4v) is 3.98. The number of nitrogens with zero attached hydrogens (tertiary/aromatic N) is 1. The Morgan fingerprint density at radius 3 is 2.23 bits per heavy atom. The van der Waals surface area contributed by atoms with Crippen molar-refractivity contribution in [1.29, 1.82) is 0 Å². The molecule has 3 rings (SSSR count). The van der Waals surface area contributed by atoms with Crippen LogP contribution in [0.25, 0.3) is 0 Å². The van der Waals surface area contributed by atoms with E-state index >= 15 is 0 Å². The Balaban J connectivity index is 1.66. The Bertz CT molecular complexity index is 833. The summed E-state index contributed by atoms with van der Waals surface area (Å²) in [7, 11) is 0. The Morgan fingerprint density at radius 1 is 1.00 bits per heavy atom. The van der Waals surface area contributed by atoms with Crippen molar-refractivity contribution in [3.05, 3.63) is 70.7 Å². The number of amides is 2. The number of halogens is 1. The molecule has 2 atom stereocenters. The maximum Gasteiger partial charge on any atom is 0.251 e. The lowest BCUT2D eigenvalue weighted by molar-refractivity contribution is -0.124. The highest BCUT2D eigenvalue weighted by atomic mass is 35.5. The molecular formula is C24H30ClN3O2. The van der Waals surface area contributed by atoms with Gasteiger partial charge in [0, 0.05) is 17.1 Å². The largest absolute Gasteiger partial charge is 0.352 e. The monoisotopic (exact) mass is 427 g/mol. The standard InChI is InChI=1S/C24H30ClN3O2/c1-17(2)22(27-23(29)19-10-12-20(25)13-11-19)24(30)26-16-21(28-14-6-7-15-28)18-8-4-3-5-9-18/h3-5,8-13,17,21-22H,6-7,14-16H2,1-2H3,(H,26,30)(H,27,29)/t21-,22-/m0/s1. The van der Waals surface area contributed by atoms with E-state index in [1.165, 1.54) is 18.4 Å². The van der Waals surface area contributed by atoms with E-state index < -0.39 is 6.04 Å². The number of carbonyl (C=O) groups is 2. The molecule has 30 heavy (non-hydrogen) atoms. The van der Waals surface area contributed by atoms with Gasteiger partial charge in [-0.3, -0.25) is 14.5 Å². The van der Waals surface area contributed by atoms with E-state index in [4.69, 9.17) is 11.6 Å². The van der Waals surface area contributed by atoms with Crippen LogP contribution in [0.5, 0.6) is 0 Å². The van der Waals surface area contributed by atoms with E-state index in [-0.39, 0.29) is 23.8 Å². The second kappa shape index (κ2) is 10.6. The zero-order valence-corrected chi connectivity index (χ0v) is 18.4. The molecule has 2 aromatic rings. The topological polar surface area (TPSA) is 61.4 Å². The molecule has 6 heteroatoms. The summed E-state index contributed by atoms with van der Waals surface area (Å²) in [6.45, 7) is 6.46. The summed E-state index contributed by atoms with van der Waals surface area (Å²) in [5.74, 6) is -0.477. The van der Waals surface area contributed by atoms with Gasteiger partial charge in [0.2, 0.25) is 5.91 Å². The van der Waals surface area contributed by atoms with E-state index in [0.717, 1.165) is 13.1 Å². The van der Waals surface area contributed by atoms with Crippen molar-refractivity contribution in [3.63, 3.8) is 0 Å². The lowest BCUT2D eigenvalue weighted by Crippen LogP contribution is -2.51. The SMILES string of the molecule is CC(C)[C@H](NC(=O)c1ccc(Cl)cc1)C(=O)NC[C@@H](c1ccccc1)N1CCCC1. The minimum absolute atomic E-state index is 0.0387. The maximum atomic E-state index is 13.0. The summed E-state index contributed by atoms with van der Waals surface area (Å²) in [5, 5.41) is 6.53. The van der Waals surface area contributed by atoms with Crippen molar-refractivity contribution in [3.8, 4) is 0 Å². The van der Waals surface area contributed by atoms with Gasteiger partial charge in [-0.1, -0.05) is 55.8 Å². The molecule has 0 spiro atoms. The zero-order valence-electron chi connectivity index (χ0n) is 17.6. The van der Waals surface area contributed by atoms with E-state index in [1.807, 2.05) is 32.0 Å². The number of hydrogen-bond acceptors (Lipinski definition) is 3. The van der Waals surface area contributed by atoms with E-state index in [1.54, 1.807) is 24.3 Å². The average Bonchev–Trinajstić information content (AvgIpc) is 3.27. The van der Waals surface area contributed by atoms with Crippen molar-refractivity contribution in [2.45, 2.75) is 38.8 Å². The van der Waals surface area contributed by atoms with Crippen LogP contribution in [0.15, 0.2) is 54.6 Å². The number of hydrogen-bond donors (Lipinski definition) is 2. The van der Waals surface area contributed by atoms with Crippen LogP contribution in [0, 0.1) is 5.92 Å². The first-order chi connectivity index (χ1) is 14.5.